The summed E-state index contributed by atoms with van der Waals surface area (Å²) < 4.78 is 6.31. The lowest BCUT2D eigenvalue weighted by Crippen LogP contribution is -2.61. The fourth-order valence-corrected chi connectivity index (χ4v) is 3.47. The first-order valence-corrected chi connectivity index (χ1v) is 8.05. The lowest BCUT2D eigenvalue weighted by Gasteiger charge is -2.43. The predicted octanol–water partition coefficient (Wildman–Crippen LogP) is 1.55. The Bertz CT molecular complexity index is 456. The summed E-state index contributed by atoms with van der Waals surface area (Å²) >= 11 is 3.56. The van der Waals surface area contributed by atoms with Gasteiger partial charge in [-0.1, -0.05) is 6.07 Å². The van der Waals surface area contributed by atoms with E-state index in [9.17, 15) is 0 Å². The molecule has 1 N–H and O–H groups in total. The van der Waals surface area contributed by atoms with Crippen molar-refractivity contribution in [3.8, 4) is 5.75 Å². The van der Waals surface area contributed by atoms with Crippen molar-refractivity contribution in [3.63, 3.8) is 0 Å². The summed E-state index contributed by atoms with van der Waals surface area (Å²) in [5, 5.41) is 3.35. The van der Waals surface area contributed by atoms with Crippen molar-refractivity contribution in [2.24, 2.45) is 0 Å². The van der Waals surface area contributed by atoms with Crippen LogP contribution in [0.25, 0.3) is 0 Å². The molecule has 2 saturated heterocycles. The molecular formula is C15H22BrN3O. The zero-order chi connectivity index (χ0) is 13.9. The predicted molar refractivity (Wildman–Crippen MR) is 84.2 cm³/mol. The van der Waals surface area contributed by atoms with Crippen molar-refractivity contribution in [1.82, 2.24) is 15.1 Å². The van der Waals surface area contributed by atoms with E-state index in [-0.39, 0.29) is 0 Å². The number of hydrogen-bond acceptors (Lipinski definition) is 4. The molecule has 2 fully saturated rings. The average molecular weight is 340 g/mol. The molecule has 2 aliphatic rings. The van der Waals surface area contributed by atoms with Crippen LogP contribution < -0.4 is 10.1 Å². The fraction of sp³-hybridized carbons (Fsp3) is 0.600. The Morgan fingerprint density at radius 2 is 2.00 bits per heavy atom. The topological polar surface area (TPSA) is 27.7 Å². The molecular weight excluding hydrogens is 318 g/mol. The van der Waals surface area contributed by atoms with Crippen LogP contribution in [0.2, 0.25) is 0 Å². The highest BCUT2D eigenvalue weighted by molar-refractivity contribution is 9.10. The van der Waals surface area contributed by atoms with Gasteiger partial charge in [-0.15, -0.1) is 0 Å². The second-order valence-corrected chi connectivity index (χ2v) is 6.45. The van der Waals surface area contributed by atoms with Crippen LogP contribution in [-0.2, 0) is 6.54 Å². The molecule has 3 rings (SSSR count). The Balaban J connectivity index is 1.52. The molecule has 0 bridgehead atoms. The van der Waals surface area contributed by atoms with Gasteiger partial charge in [0.25, 0.3) is 0 Å². The van der Waals surface area contributed by atoms with Crippen molar-refractivity contribution in [1.29, 1.82) is 0 Å². The van der Waals surface area contributed by atoms with Gasteiger partial charge < -0.3 is 10.1 Å². The maximum atomic E-state index is 5.28. The standard InChI is InChI=1S/C15H22BrN3O/c1-20-15-3-2-12(8-14(15)16)11-18-4-6-19(7-5-18)13-9-17-10-13/h2-3,8,13,17H,4-7,9-11H2,1H3. The lowest BCUT2D eigenvalue weighted by molar-refractivity contribution is 0.0695. The summed E-state index contributed by atoms with van der Waals surface area (Å²) in [5.74, 6) is 0.899. The Hall–Kier alpha value is -0.620. The lowest BCUT2D eigenvalue weighted by atomic mass is 10.1. The van der Waals surface area contributed by atoms with E-state index in [0.29, 0.717) is 0 Å². The molecule has 5 heteroatoms. The molecule has 0 unspecified atom stereocenters. The van der Waals surface area contributed by atoms with Crippen LogP contribution in [0.3, 0.4) is 0 Å². The van der Waals surface area contributed by atoms with Crippen LogP contribution >= 0.6 is 15.9 Å². The Labute approximate surface area is 129 Å². The second-order valence-electron chi connectivity index (χ2n) is 5.59. The van der Waals surface area contributed by atoms with Gasteiger partial charge in [0.15, 0.2) is 0 Å². The van der Waals surface area contributed by atoms with Crippen LogP contribution in [-0.4, -0.2) is 62.2 Å². The maximum absolute atomic E-state index is 5.28. The van der Waals surface area contributed by atoms with Crippen LogP contribution in [0.5, 0.6) is 5.75 Å². The van der Waals surface area contributed by atoms with Crippen LogP contribution in [0.15, 0.2) is 22.7 Å². The Morgan fingerprint density at radius 3 is 2.55 bits per heavy atom. The van der Waals surface area contributed by atoms with Crippen molar-refractivity contribution in [2.75, 3.05) is 46.4 Å². The first-order chi connectivity index (χ1) is 9.76. The van der Waals surface area contributed by atoms with Crippen LogP contribution in [0, 0.1) is 0 Å². The monoisotopic (exact) mass is 339 g/mol. The molecule has 2 aliphatic heterocycles. The number of nitrogens with one attached hydrogen (secondary N) is 1. The van der Waals surface area contributed by atoms with Gasteiger partial charge in [0.2, 0.25) is 0 Å². The Kier molecular flexibility index (Phi) is 4.61. The molecule has 0 aliphatic carbocycles. The molecule has 0 saturated carbocycles. The SMILES string of the molecule is COc1ccc(CN2CCN(C3CNC3)CC2)cc1Br. The molecule has 0 aromatic heterocycles. The number of methoxy groups -OCH3 is 1. The Morgan fingerprint density at radius 1 is 1.25 bits per heavy atom. The highest BCUT2D eigenvalue weighted by atomic mass is 79.9. The van der Waals surface area contributed by atoms with E-state index in [4.69, 9.17) is 4.74 Å². The third-order valence-corrected chi connectivity index (χ3v) is 4.93. The van der Waals surface area contributed by atoms with Gasteiger partial charge in [-0.2, -0.15) is 0 Å². The molecule has 110 valence electrons. The number of piperazine rings is 1. The highest BCUT2D eigenvalue weighted by Crippen LogP contribution is 2.26. The quantitative estimate of drug-likeness (QED) is 0.900. The second kappa shape index (κ2) is 6.43. The molecule has 0 atom stereocenters. The molecule has 1 aromatic carbocycles. The minimum absolute atomic E-state index is 0.785. The minimum atomic E-state index is 0.785. The van der Waals surface area contributed by atoms with Crippen LogP contribution in [0.1, 0.15) is 5.56 Å². The summed E-state index contributed by atoms with van der Waals surface area (Å²) in [6.07, 6.45) is 0. The van der Waals surface area contributed by atoms with E-state index in [1.165, 1.54) is 44.8 Å². The molecule has 0 amide bonds. The first-order valence-electron chi connectivity index (χ1n) is 7.26. The van der Waals surface area contributed by atoms with Crippen molar-refractivity contribution >= 4 is 15.9 Å². The zero-order valence-corrected chi connectivity index (χ0v) is 13.5. The van der Waals surface area contributed by atoms with E-state index in [1.54, 1.807) is 7.11 Å². The summed E-state index contributed by atoms with van der Waals surface area (Å²) in [7, 11) is 1.70. The number of nitrogens with zero attached hydrogens (tertiary/aromatic N) is 2. The number of hydrogen-bond donors (Lipinski definition) is 1. The van der Waals surface area contributed by atoms with Crippen molar-refractivity contribution in [3.05, 3.63) is 28.2 Å². The largest absolute Gasteiger partial charge is 0.496 e. The zero-order valence-electron chi connectivity index (χ0n) is 11.9. The molecule has 4 nitrogen and oxygen atoms in total. The van der Waals surface area contributed by atoms with Gasteiger partial charge >= 0.3 is 0 Å². The summed E-state index contributed by atoms with van der Waals surface area (Å²) in [5.41, 5.74) is 1.34. The van der Waals surface area contributed by atoms with E-state index in [2.05, 4.69) is 43.2 Å². The van der Waals surface area contributed by atoms with Gasteiger partial charge in [0.05, 0.1) is 11.6 Å². The highest BCUT2D eigenvalue weighted by Gasteiger charge is 2.27. The molecule has 1 aromatic rings. The maximum Gasteiger partial charge on any atom is 0.133 e. The molecule has 0 radical (unpaired) electrons. The smallest absolute Gasteiger partial charge is 0.133 e. The minimum Gasteiger partial charge on any atom is -0.496 e. The summed E-state index contributed by atoms with van der Waals surface area (Å²) in [6, 6.07) is 7.15. The number of benzene rings is 1. The molecule has 2 heterocycles. The normalized spacial score (nSPS) is 21.7. The van der Waals surface area contributed by atoms with E-state index in [0.717, 1.165) is 22.8 Å². The molecule has 20 heavy (non-hydrogen) atoms. The fourth-order valence-electron chi connectivity index (χ4n) is 2.88. The number of halogens is 1. The third kappa shape index (κ3) is 3.17. The van der Waals surface area contributed by atoms with Crippen molar-refractivity contribution < 1.29 is 4.74 Å². The van der Waals surface area contributed by atoms with E-state index >= 15 is 0 Å². The van der Waals surface area contributed by atoms with Gasteiger partial charge in [-0.3, -0.25) is 9.80 Å². The van der Waals surface area contributed by atoms with Gasteiger partial charge in [-0.05, 0) is 33.6 Å². The van der Waals surface area contributed by atoms with Crippen molar-refractivity contribution in [2.45, 2.75) is 12.6 Å². The van der Waals surface area contributed by atoms with Gasteiger partial charge in [0, 0.05) is 51.9 Å². The number of rotatable bonds is 4. The average Bonchev–Trinajstić information content (AvgIpc) is 2.39. The van der Waals surface area contributed by atoms with Gasteiger partial charge in [-0.25, -0.2) is 0 Å². The summed E-state index contributed by atoms with van der Waals surface area (Å²) in [6.45, 7) is 8.10. The molecule has 0 spiro atoms. The summed E-state index contributed by atoms with van der Waals surface area (Å²) in [4.78, 5) is 5.16. The van der Waals surface area contributed by atoms with E-state index in [1.807, 2.05) is 6.07 Å². The number of ether oxygens (including phenoxy) is 1. The van der Waals surface area contributed by atoms with E-state index < -0.39 is 0 Å². The first kappa shape index (κ1) is 14.3. The van der Waals surface area contributed by atoms with Gasteiger partial charge in [0.1, 0.15) is 5.75 Å². The van der Waals surface area contributed by atoms with Crippen LogP contribution in [0.4, 0.5) is 0 Å². The third-order valence-electron chi connectivity index (χ3n) is 4.31.